The maximum atomic E-state index is 5.90. The predicted octanol–water partition coefficient (Wildman–Crippen LogP) is 3.11. The molecule has 2 nitrogen and oxygen atoms in total. The molecule has 2 heteroatoms. The quantitative estimate of drug-likeness (QED) is 0.766. The van der Waals surface area contributed by atoms with E-state index in [0.717, 1.165) is 18.6 Å². The zero-order valence-electron chi connectivity index (χ0n) is 11.4. The van der Waals surface area contributed by atoms with Crippen LogP contribution in [0.3, 0.4) is 0 Å². The zero-order valence-corrected chi connectivity index (χ0v) is 11.4. The molecule has 3 atom stereocenters. The summed E-state index contributed by atoms with van der Waals surface area (Å²) in [7, 11) is 0. The first-order valence-corrected chi connectivity index (χ1v) is 7.62. The highest BCUT2D eigenvalue weighted by atomic mass is 16.5. The van der Waals surface area contributed by atoms with E-state index in [0.29, 0.717) is 17.6 Å². The molecular weight excluding hydrogens is 210 g/mol. The Bertz CT molecular complexity index is 270. The van der Waals surface area contributed by atoms with Crippen molar-refractivity contribution in [1.29, 1.82) is 0 Å². The van der Waals surface area contributed by atoms with Gasteiger partial charge in [-0.2, -0.15) is 0 Å². The number of nitrogens with one attached hydrogen (secondary N) is 1. The predicted molar refractivity (Wildman–Crippen MR) is 70.0 cm³/mol. The third-order valence-electron chi connectivity index (χ3n) is 5.31. The highest BCUT2D eigenvalue weighted by Crippen LogP contribution is 2.57. The fourth-order valence-corrected chi connectivity index (χ4v) is 3.94. The van der Waals surface area contributed by atoms with Crippen molar-refractivity contribution < 1.29 is 4.74 Å². The van der Waals surface area contributed by atoms with Crippen LogP contribution in [0.4, 0.5) is 0 Å². The van der Waals surface area contributed by atoms with Crippen molar-refractivity contribution >= 4 is 0 Å². The number of rotatable bonds is 6. The van der Waals surface area contributed by atoms with Crippen LogP contribution in [0, 0.1) is 11.3 Å². The molecule has 3 rings (SSSR count). The Morgan fingerprint density at radius 3 is 2.65 bits per heavy atom. The molecule has 0 saturated heterocycles. The third kappa shape index (κ3) is 2.15. The van der Waals surface area contributed by atoms with Gasteiger partial charge in [-0.05, 0) is 45.4 Å². The summed E-state index contributed by atoms with van der Waals surface area (Å²) in [4.78, 5) is 0. The molecule has 0 aromatic heterocycles. The van der Waals surface area contributed by atoms with E-state index >= 15 is 0 Å². The first-order chi connectivity index (χ1) is 8.24. The van der Waals surface area contributed by atoms with E-state index in [2.05, 4.69) is 19.2 Å². The lowest BCUT2D eigenvalue weighted by atomic mass is 9.51. The fourth-order valence-electron chi connectivity index (χ4n) is 3.94. The van der Waals surface area contributed by atoms with Gasteiger partial charge < -0.3 is 10.1 Å². The van der Waals surface area contributed by atoms with E-state index in [1.807, 2.05) is 0 Å². The summed E-state index contributed by atoms with van der Waals surface area (Å²) in [6, 6.07) is 1.47. The van der Waals surface area contributed by atoms with Crippen molar-refractivity contribution in [3.63, 3.8) is 0 Å². The van der Waals surface area contributed by atoms with Crippen LogP contribution in [0.1, 0.15) is 58.8 Å². The first-order valence-electron chi connectivity index (χ1n) is 7.62. The third-order valence-corrected chi connectivity index (χ3v) is 5.31. The summed E-state index contributed by atoms with van der Waals surface area (Å²) in [5.74, 6) is 1.04. The van der Waals surface area contributed by atoms with Gasteiger partial charge in [-0.15, -0.1) is 0 Å². The minimum absolute atomic E-state index is 0.536. The molecule has 3 saturated carbocycles. The Morgan fingerprint density at radius 2 is 2.12 bits per heavy atom. The maximum absolute atomic E-state index is 5.90. The minimum atomic E-state index is 0.536. The molecule has 0 radical (unpaired) electrons. The van der Waals surface area contributed by atoms with Gasteiger partial charge in [-0.1, -0.05) is 19.3 Å². The van der Waals surface area contributed by atoms with Crippen LogP contribution >= 0.6 is 0 Å². The van der Waals surface area contributed by atoms with Crippen molar-refractivity contribution in [3.05, 3.63) is 0 Å². The highest BCUT2D eigenvalue weighted by Gasteiger charge is 2.58. The molecule has 0 aliphatic heterocycles. The average Bonchev–Trinajstić information content (AvgIpc) is 2.97. The molecule has 3 aliphatic carbocycles. The van der Waals surface area contributed by atoms with Crippen LogP contribution in [-0.4, -0.2) is 24.8 Å². The van der Waals surface area contributed by atoms with E-state index in [4.69, 9.17) is 4.74 Å². The maximum Gasteiger partial charge on any atom is 0.0661 e. The first kappa shape index (κ1) is 12.0. The van der Waals surface area contributed by atoms with Gasteiger partial charge in [0.15, 0.2) is 0 Å². The van der Waals surface area contributed by atoms with Crippen LogP contribution < -0.4 is 5.32 Å². The van der Waals surface area contributed by atoms with Crippen molar-refractivity contribution in [2.24, 2.45) is 11.3 Å². The molecule has 17 heavy (non-hydrogen) atoms. The normalized spacial score (nSPS) is 36.4. The lowest BCUT2D eigenvalue weighted by molar-refractivity contribution is -0.174. The molecular formula is C15H27NO. The minimum Gasteiger partial charge on any atom is -0.378 e. The van der Waals surface area contributed by atoms with E-state index < -0.39 is 0 Å². The van der Waals surface area contributed by atoms with Gasteiger partial charge in [0, 0.05) is 24.1 Å². The number of ether oxygens (including phenoxy) is 1. The molecule has 0 amide bonds. The van der Waals surface area contributed by atoms with Gasteiger partial charge in [-0.25, -0.2) is 0 Å². The number of hydrogen-bond acceptors (Lipinski definition) is 2. The molecule has 3 fully saturated rings. The Labute approximate surface area is 105 Å². The zero-order chi connectivity index (χ0) is 11.9. The van der Waals surface area contributed by atoms with Crippen molar-refractivity contribution in [2.45, 2.75) is 77.0 Å². The lowest BCUT2D eigenvalue weighted by Gasteiger charge is -2.61. The second kappa shape index (κ2) is 4.55. The van der Waals surface area contributed by atoms with Crippen molar-refractivity contribution in [3.8, 4) is 0 Å². The van der Waals surface area contributed by atoms with E-state index in [1.54, 1.807) is 0 Å². The monoisotopic (exact) mass is 237 g/mol. The SMILES string of the molecule is CCOC1CC(NC(C)CC2CC2)C12CCC2. The summed E-state index contributed by atoms with van der Waals surface area (Å²) >= 11 is 0. The Morgan fingerprint density at radius 1 is 1.35 bits per heavy atom. The molecule has 0 bridgehead atoms. The molecule has 3 aliphatic rings. The van der Waals surface area contributed by atoms with E-state index in [9.17, 15) is 0 Å². The second-order valence-corrected chi connectivity index (χ2v) is 6.57. The van der Waals surface area contributed by atoms with Crippen LogP contribution in [0.5, 0.6) is 0 Å². The van der Waals surface area contributed by atoms with Crippen molar-refractivity contribution in [2.75, 3.05) is 6.61 Å². The standard InChI is InChI=1S/C15H27NO/c1-3-17-14-10-13(15(14)7-4-8-15)16-11(2)9-12-5-6-12/h11-14,16H,3-10H2,1-2H3. The summed E-state index contributed by atoms with van der Waals surface area (Å²) in [5, 5.41) is 3.89. The van der Waals surface area contributed by atoms with Gasteiger partial charge in [0.1, 0.15) is 0 Å². The summed E-state index contributed by atoms with van der Waals surface area (Å²) in [6.07, 6.45) is 10.4. The average molecular weight is 237 g/mol. The smallest absolute Gasteiger partial charge is 0.0661 e. The van der Waals surface area contributed by atoms with Crippen LogP contribution in [0.25, 0.3) is 0 Å². The molecule has 0 heterocycles. The highest BCUT2D eigenvalue weighted by molar-refractivity contribution is 5.12. The van der Waals surface area contributed by atoms with Gasteiger partial charge in [0.2, 0.25) is 0 Å². The number of hydrogen-bond donors (Lipinski definition) is 1. The van der Waals surface area contributed by atoms with Crippen molar-refractivity contribution in [1.82, 2.24) is 5.32 Å². The van der Waals surface area contributed by atoms with Gasteiger partial charge in [0.25, 0.3) is 0 Å². The molecule has 98 valence electrons. The summed E-state index contributed by atoms with van der Waals surface area (Å²) in [6.45, 7) is 5.39. The van der Waals surface area contributed by atoms with Crippen LogP contribution in [0.2, 0.25) is 0 Å². The molecule has 1 spiro atoms. The van der Waals surface area contributed by atoms with E-state index in [-0.39, 0.29) is 0 Å². The Balaban J connectivity index is 1.50. The largest absolute Gasteiger partial charge is 0.378 e. The van der Waals surface area contributed by atoms with E-state index in [1.165, 1.54) is 44.9 Å². The molecule has 0 aromatic carbocycles. The van der Waals surface area contributed by atoms with Gasteiger partial charge in [-0.3, -0.25) is 0 Å². The molecule has 0 aromatic rings. The fraction of sp³-hybridized carbons (Fsp3) is 1.00. The van der Waals surface area contributed by atoms with Gasteiger partial charge >= 0.3 is 0 Å². The van der Waals surface area contributed by atoms with Crippen LogP contribution in [0.15, 0.2) is 0 Å². The molecule has 3 unspecified atom stereocenters. The summed E-state index contributed by atoms with van der Waals surface area (Å²) < 4.78 is 5.90. The van der Waals surface area contributed by atoms with Crippen LogP contribution in [-0.2, 0) is 4.74 Å². The lowest BCUT2D eigenvalue weighted by Crippen LogP contribution is -2.68. The Hall–Kier alpha value is -0.0800. The van der Waals surface area contributed by atoms with Gasteiger partial charge in [0.05, 0.1) is 6.10 Å². The summed E-state index contributed by atoms with van der Waals surface area (Å²) in [5.41, 5.74) is 0.536. The topological polar surface area (TPSA) is 21.3 Å². The second-order valence-electron chi connectivity index (χ2n) is 6.57. The Kier molecular flexibility index (Phi) is 3.20. The molecule has 1 N–H and O–H groups in total.